The number of carbonyl (C=O) groups excluding carboxylic acids is 1. The molecule has 0 aliphatic carbocycles. The molecule has 1 amide bonds. The monoisotopic (exact) mass is 361 g/mol. The summed E-state index contributed by atoms with van der Waals surface area (Å²) in [5, 5.41) is 9.12. The highest BCUT2D eigenvalue weighted by Crippen LogP contribution is 2.19. The summed E-state index contributed by atoms with van der Waals surface area (Å²) in [6.07, 6.45) is 0.968. The van der Waals surface area contributed by atoms with E-state index in [1.807, 2.05) is 35.0 Å². The third kappa shape index (κ3) is 3.21. The van der Waals surface area contributed by atoms with Crippen molar-refractivity contribution in [2.24, 2.45) is 0 Å². The molecule has 27 heavy (non-hydrogen) atoms. The second kappa shape index (κ2) is 7.07. The van der Waals surface area contributed by atoms with Crippen LogP contribution in [0, 0.1) is 0 Å². The Hall–Kier alpha value is -3.41. The zero-order valence-electron chi connectivity index (χ0n) is 14.9. The Morgan fingerprint density at radius 1 is 1.15 bits per heavy atom. The fraction of sp³-hybridized carbons (Fsp3) is 0.190. The SMILES string of the molecule is CCCn1nc(CNC(=O)c2cc3ccccc3oc2=O)c2ccccc21. The minimum absolute atomic E-state index is 0.00834. The lowest BCUT2D eigenvalue weighted by molar-refractivity contribution is 0.0947. The quantitative estimate of drug-likeness (QED) is 0.552. The van der Waals surface area contributed by atoms with Gasteiger partial charge in [0.2, 0.25) is 0 Å². The maximum Gasteiger partial charge on any atom is 0.349 e. The Morgan fingerprint density at radius 2 is 1.93 bits per heavy atom. The number of aromatic nitrogens is 2. The van der Waals surface area contributed by atoms with E-state index in [9.17, 15) is 9.59 Å². The molecule has 0 spiro atoms. The first kappa shape index (κ1) is 17.0. The third-order valence-corrected chi connectivity index (χ3v) is 4.47. The lowest BCUT2D eigenvalue weighted by Crippen LogP contribution is -2.28. The predicted molar refractivity (Wildman–Crippen MR) is 104 cm³/mol. The molecule has 2 aromatic heterocycles. The van der Waals surface area contributed by atoms with Crippen LogP contribution in [0.15, 0.2) is 63.8 Å². The highest BCUT2D eigenvalue weighted by molar-refractivity contribution is 5.96. The summed E-state index contributed by atoms with van der Waals surface area (Å²) >= 11 is 0. The first-order valence-corrected chi connectivity index (χ1v) is 8.93. The van der Waals surface area contributed by atoms with Crippen molar-refractivity contribution < 1.29 is 9.21 Å². The molecule has 0 unspecified atom stereocenters. The van der Waals surface area contributed by atoms with Crippen LogP contribution < -0.4 is 10.9 Å². The van der Waals surface area contributed by atoms with Crippen LogP contribution in [0.5, 0.6) is 0 Å². The Bertz CT molecular complexity index is 1190. The molecule has 2 heterocycles. The minimum Gasteiger partial charge on any atom is -0.422 e. The molecule has 4 rings (SSSR count). The molecule has 6 nitrogen and oxygen atoms in total. The normalized spacial score (nSPS) is 11.1. The standard InChI is InChI=1S/C21H19N3O3/c1-2-11-24-18-9-5-4-8-15(18)17(23-24)13-22-20(25)16-12-14-7-3-6-10-19(14)27-21(16)26/h3-10,12H,2,11,13H2,1H3,(H,22,25). The van der Waals surface area contributed by atoms with Crippen LogP contribution in [0.2, 0.25) is 0 Å². The van der Waals surface area contributed by atoms with Gasteiger partial charge in [0.25, 0.3) is 5.91 Å². The smallest absolute Gasteiger partial charge is 0.349 e. The van der Waals surface area contributed by atoms with E-state index in [0.29, 0.717) is 11.0 Å². The molecular weight excluding hydrogens is 342 g/mol. The van der Waals surface area contributed by atoms with Crippen LogP contribution in [-0.4, -0.2) is 15.7 Å². The zero-order valence-corrected chi connectivity index (χ0v) is 14.9. The number of rotatable bonds is 5. The summed E-state index contributed by atoms with van der Waals surface area (Å²) in [7, 11) is 0. The Labute approximate surface area is 155 Å². The number of hydrogen-bond acceptors (Lipinski definition) is 4. The van der Waals surface area contributed by atoms with E-state index in [1.54, 1.807) is 24.3 Å². The van der Waals surface area contributed by atoms with Gasteiger partial charge in [-0.05, 0) is 24.6 Å². The average Bonchev–Trinajstić information content (AvgIpc) is 3.04. The number of amides is 1. The van der Waals surface area contributed by atoms with E-state index >= 15 is 0 Å². The molecular formula is C21H19N3O3. The molecule has 2 aromatic carbocycles. The number of aryl methyl sites for hydroxylation is 1. The van der Waals surface area contributed by atoms with Gasteiger partial charge in [-0.25, -0.2) is 4.79 Å². The van der Waals surface area contributed by atoms with Gasteiger partial charge in [0, 0.05) is 17.3 Å². The number of benzene rings is 2. The maximum atomic E-state index is 12.5. The van der Waals surface area contributed by atoms with Crippen molar-refractivity contribution in [2.75, 3.05) is 0 Å². The van der Waals surface area contributed by atoms with Crippen molar-refractivity contribution in [3.05, 3.63) is 76.3 Å². The summed E-state index contributed by atoms with van der Waals surface area (Å²) in [6, 6.07) is 16.6. The number of para-hydroxylation sites is 2. The lowest BCUT2D eigenvalue weighted by atomic mass is 10.1. The summed E-state index contributed by atoms with van der Waals surface area (Å²) in [5.74, 6) is -0.469. The van der Waals surface area contributed by atoms with Gasteiger partial charge < -0.3 is 9.73 Å². The van der Waals surface area contributed by atoms with Gasteiger partial charge in [-0.1, -0.05) is 43.3 Å². The first-order valence-electron chi connectivity index (χ1n) is 8.93. The summed E-state index contributed by atoms with van der Waals surface area (Å²) in [5.41, 5.74) is 1.62. The molecule has 0 radical (unpaired) electrons. The van der Waals surface area contributed by atoms with Crippen molar-refractivity contribution in [2.45, 2.75) is 26.4 Å². The zero-order chi connectivity index (χ0) is 18.8. The molecule has 0 fully saturated rings. The van der Waals surface area contributed by atoms with E-state index in [2.05, 4.69) is 17.3 Å². The summed E-state index contributed by atoms with van der Waals surface area (Å²) < 4.78 is 7.18. The van der Waals surface area contributed by atoms with Gasteiger partial charge in [-0.2, -0.15) is 5.10 Å². The van der Waals surface area contributed by atoms with E-state index < -0.39 is 11.5 Å². The van der Waals surface area contributed by atoms with Crippen molar-refractivity contribution in [1.29, 1.82) is 0 Å². The van der Waals surface area contributed by atoms with E-state index in [-0.39, 0.29) is 12.1 Å². The first-order chi connectivity index (χ1) is 13.2. The highest BCUT2D eigenvalue weighted by Gasteiger charge is 2.15. The molecule has 4 aromatic rings. The molecule has 0 aliphatic heterocycles. The number of fused-ring (bicyclic) bond motifs is 2. The maximum absolute atomic E-state index is 12.5. The highest BCUT2D eigenvalue weighted by atomic mass is 16.4. The lowest BCUT2D eigenvalue weighted by Gasteiger charge is -2.04. The van der Waals surface area contributed by atoms with Gasteiger partial charge >= 0.3 is 5.63 Å². The molecule has 0 saturated heterocycles. The number of nitrogens with one attached hydrogen (secondary N) is 1. The molecule has 0 bridgehead atoms. The number of hydrogen-bond donors (Lipinski definition) is 1. The molecule has 6 heteroatoms. The molecule has 0 saturated carbocycles. The van der Waals surface area contributed by atoms with E-state index in [1.165, 1.54) is 0 Å². The van der Waals surface area contributed by atoms with Crippen LogP contribution in [0.3, 0.4) is 0 Å². The Kier molecular flexibility index (Phi) is 4.46. The topological polar surface area (TPSA) is 77.1 Å². The van der Waals surface area contributed by atoms with E-state index in [4.69, 9.17) is 4.42 Å². The third-order valence-electron chi connectivity index (χ3n) is 4.47. The largest absolute Gasteiger partial charge is 0.422 e. The summed E-state index contributed by atoms with van der Waals surface area (Å²) in [6.45, 7) is 3.14. The summed E-state index contributed by atoms with van der Waals surface area (Å²) in [4.78, 5) is 24.7. The molecule has 0 atom stereocenters. The second-order valence-corrected chi connectivity index (χ2v) is 6.36. The Balaban J connectivity index is 1.61. The van der Waals surface area contributed by atoms with Crippen LogP contribution in [0.1, 0.15) is 29.4 Å². The minimum atomic E-state index is -0.646. The molecule has 0 aliphatic rings. The van der Waals surface area contributed by atoms with Crippen molar-refractivity contribution in [3.63, 3.8) is 0 Å². The fourth-order valence-corrected chi connectivity index (χ4v) is 3.19. The number of carbonyl (C=O) groups is 1. The van der Waals surface area contributed by atoms with Crippen molar-refractivity contribution in [3.8, 4) is 0 Å². The van der Waals surface area contributed by atoms with Crippen molar-refractivity contribution in [1.82, 2.24) is 15.1 Å². The van der Waals surface area contributed by atoms with Crippen LogP contribution >= 0.6 is 0 Å². The average molecular weight is 361 g/mol. The van der Waals surface area contributed by atoms with Gasteiger partial charge in [0.1, 0.15) is 11.1 Å². The second-order valence-electron chi connectivity index (χ2n) is 6.36. The van der Waals surface area contributed by atoms with Crippen LogP contribution in [0.25, 0.3) is 21.9 Å². The molecule has 1 N–H and O–H groups in total. The van der Waals surface area contributed by atoms with E-state index in [0.717, 1.165) is 29.6 Å². The van der Waals surface area contributed by atoms with Gasteiger partial charge in [0.05, 0.1) is 17.8 Å². The van der Waals surface area contributed by atoms with Crippen molar-refractivity contribution >= 4 is 27.8 Å². The number of nitrogens with zero attached hydrogens (tertiary/aromatic N) is 2. The van der Waals surface area contributed by atoms with Crippen LogP contribution in [-0.2, 0) is 13.1 Å². The van der Waals surface area contributed by atoms with Gasteiger partial charge in [0.15, 0.2) is 0 Å². The van der Waals surface area contributed by atoms with Gasteiger partial charge in [-0.15, -0.1) is 0 Å². The fourth-order valence-electron chi connectivity index (χ4n) is 3.19. The van der Waals surface area contributed by atoms with Crippen LogP contribution in [0.4, 0.5) is 0 Å². The predicted octanol–water partition coefficient (Wildman–Crippen LogP) is 3.48. The Morgan fingerprint density at radius 3 is 2.78 bits per heavy atom. The van der Waals surface area contributed by atoms with Gasteiger partial charge in [-0.3, -0.25) is 9.48 Å². The molecule has 136 valence electrons.